The van der Waals surface area contributed by atoms with Crippen LogP contribution in [-0.2, 0) is 9.53 Å². The van der Waals surface area contributed by atoms with E-state index in [2.05, 4.69) is 22.8 Å². The van der Waals surface area contributed by atoms with E-state index in [-0.39, 0.29) is 12.6 Å². The standard InChI is InChI=1S/C23H24N4O3/c1-3-30-22(28)20-15(2)24-23(29)25-21(20)17-9-11-18(12-10-17)27-14-13-19(26-27)16-7-5-4-6-8-16/h4-12,21H,3,13-14H2,1-2H3,(H2,24,25,29)/t21-/m1/s1. The molecule has 2 aliphatic rings. The van der Waals surface area contributed by atoms with Crippen LogP contribution in [0.4, 0.5) is 10.5 Å². The summed E-state index contributed by atoms with van der Waals surface area (Å²) in [5.41, 5.74) is 4.88. The fourth-order valence-corrected chi connectivity index (χ4v) is 3.74. The highest BCUT2D eigenvalue weighted by Crippen LogP contribution is 2.30. The molecule has 2 aromatic rings. The molecule has 0 fully saturated rings. The molecule has 154 valence electrons. The van der Waals surface area contributed by atoms with Crippen molar-refractivity contribution in [3.63, 3.8) is 0 Å². The number of hydrogen-bond acceptors (Lipinski definition) is 5. The van der Waals surface area contributed by atoms with Gasteiger partial charge in [0, 0.05) is 18.7 Å². The Kier molecular flexibility index (Phi) is 5.52. The van der Waals surface area contributed by atoms with Gasteiger partial charge in [0.2, 0.25) is 0 Å². The molecule has 1 atom stereocenters. The lowest BCUT2D eigenvalue weighted by atomic mass is 9.95. The summed E-state index contributed by atoms with van der Waals surface area (Å²) in [6.45, 7) is 4.54. The molecule has 0 radical (unpaired) electrons. The lowest BCUT2D eigenvalue weighted by Gasteiger charge is -2.28. The Morgan fingerprint density at radius 3 is 2.60 bits per heavy atom. The van der Waals surface area contributed by atoms with E-state index in [1.807, 2.05) is 47.5 Å². The van der Waals surface area contributed by atoms with Crippen LogP contribution >= 0.6 is 0 Å². The monoisotopic (exact) mass is 404 g/mol. The van der Waals surface area contributed by atoms with Crippen molar-refractivity contribution in [2.75, 3.05) is 18.2 Å². The van der Waals surface area contributed by atoms with Gasteiger partial charge in [-0.15, -0.1) is 0 Å². The Morgan fingerprint density at radius 2 is 1.90 bits per heavy atom. The second-order valence-electron chi connectivity index (χ2n) is 7.17. The minimum Gasteiger partial charge on any atom is -0.463 e. The number of urea groups is 1. The summed E-state index contributed by atoms with van der Waals surface area (Å²) in [5.74, 6) is -0.437. The number of nitrogens with zero attached hydrogens (tertiary/aromatic N) is 2. The van der Waals surface area contributed by atoms with Crippen molar-refractivity contribution in [1.29, 1.82) is 0 Å². The first-order valence-electron chi connectivity index (χ1n) is 10.0. The molecule has 30 heavy (non-hydrogen) atoms. The van der Waals surface area contributed by atoms with Crippen LogP contribution in [0.2, 0.25) is 0 Å². The maximum absolute atomic E-state index is 12.4. The van der Waals surface area contributed by atoms with Gasteiger partial charge in [-0.3, -0.25) is 5.01 Å². The van der Waals surface area contributed by atoms with Crippen molar-refractivity contribution < 1.29 is 14.3 Å². The molecule has 2 aromatic carbocycles. The Labute approximate surface area is 175 Å². The molecule has 0 bridgehead atoms. The number of amides is 2. The Morgan fingerprint density at radius 1 is 1.17 bits per heavy atom. The molecule has 4 rings (SSSR count). The van der Waals surface area contributed by atoms with E-state index >= 15 is 0 Å². The average molecular weight is 404 g/mol. The number of rotatable bonds is 5. The summed E-state index contributed by atoms with van der Waals surface area (Å²) >= 11 is 0. The van der Waals surface area contributed by atoms with Gasteiger partial charge < -0.3 is 15.4 Å². The van der Waals surface area contributed by atoms with Crippen molar-refractivity contribution in [3.05, 3.63) is 77.0 Å². The molecule has 2 aliphatic heterocycles. The molecule has 2 amide bonds. The first-order chi connectivity index (χ1) is 14.6. The summed E-state index contributed by atoms with van der Waals surface area (Å²) in [6, 6.07) is 17.0. The number of esters is 1. The number of carbonyl (C=O) groups excluding carboxylic acids is 2. The largest absolute Gasteiger partial charge is 0.463 e. The SMILES string of the molecule is CCOC(=O)C1=C(C)NC(=O)N[C@@H]1c1ccc(N2CCC(c3ccccc3)=N2)cc1. The van der Waals surface area contributed by atoms with Crippen molar-refractivity contribution in [3.8, 4) is 0 Å². The predicted molar refractivity (Wildman–Crippen MR) is 115 cm³/mol. The number of benzene rings is 2. The molecule has 7 nitrogen and oxygen atoms in total. The van der Waals surface area contributed by atoms with E-state index in [9.17, 15) is 9.59 Å². The van der Waals surface area contributed by atoms with E-state index in [0.29, 0.717) is 11.3 Å². The third-order valence-electron chi connectivity index (χ3n) is 5.20. The summed E-state index contributed by atoms with van der Waals surface area (Å²) in [6.07, 6.45) is 0.880. The quantitative estimate of drug-likeness (QED) is 0.748. The van der Waals surface area contributed by atoms with E-state index < -0.39 is 12.0 Å². The molecule has 0 unspecified atom stereocenters. The van der Waals surface area contributed by atoms with Crippen LogP contribution in [0.3, 0.4) is 0 Å². The highest BCUT2D eigenvalue weighted by Gasteiger charge is 2.32. The molecule has 0 aromatic heterocycles. The second kappa shape index (κ2) is 8.41. The summed E-state index contributed by atoms with van der Waals surface area (Å²) < 4.78 is 5.18. The molecule has 7 heteroatoms. The van der Waals surface area contributed by atoms with Crippen LogP contribution in [0.5, 0.6) is 0 Å². The molecule has 0 spiro atoms. The number of ether oxygens (including phenoxy) is 1. The van der Waals surface area contributed by atoms with Crippen LogP contribution in [0.25, 0.3) is 0 Å². The molecule has 2 N–H and O–H groups in total. The number of anilines is 1. The highest BCUT2D eigenvalue weighted by atomic mass is 16.5. The summed E-state index contributed by atoms with van der Waals surface area (Å²) in [5, 5.41) is 12.2. The minimum atomic E-state index is -0.561. The van der Waals surface area contributed by atoms with Crippen LogP contribution < -0.4 is 15.6 Å². The normalized spacial score (nSPS) is 18.6. The van der Waals surface area contributed by atoms with Crippen LogP contribution in [0.15, 0.2) is 71.0 Å². The van der Waals surface area contributed by atoms with Crippen molar-refractivity contribution in [1.82, 2.24) is 10.6 Å². The highest BCUT2D eigenvalue weighted by molar-refractivity contribution is 6.02. The number of allylic oxidation sites excluding steroid dienone is 1. The number of carbonyl (C=O) groups is 2. The number of hydrogen-bond donors (Lipinski definition) is 2. The van der Waals surface area contributed by atoms with E-state index in [4.69, 9.17) is 9.84 Å². The number of nitrogens with one attached hydrogen (secondary N) is 2. The van der Waals surface area contributed by atoms with Crippen molar-refractivity contribution in [2.24, 2.45) is 5.10 Å². The molecular formula is C23H24N4O3. The maximum Gasteiger partial charge on any atom is 0.338 e. The minimum absolute atomic E-state index is 0.270. The van der Waals surface area contributed by atoms with Gasteiger partial charge in [0.15, 0.2) is 0 Å². The van der Waals surface area contributed by atoms with Crippen molar-refractivity contribution >= 4 is 23.4 Å². The van der Waals surface area contributed by atoms with Gasteiger partial charge in [-0.1, -0.05) is 42.5 Å². The summed E-state index contributed by atoms with van der Waals surface area (Å²) in [7, 11) is 0. The van der Waals surface area contributed by atoms with Gasteiger partial charge in [-0.25, -0.2) is 9.59 Å². The molecule has 0 saturated heterocycles. The van der Waals surface area contributed by atoms with Crippen molar-refractivity contribution in [2.45, 2.75) is 26.3 Å². The Bertz CT molecular complexity index is 1010. The molecule has 0 aliphatic carbocycles. The fraction of sp³-hybridized carbons (Fsp3) is 0.261. The topological polar surface area (TPSA) is 83.0 Å². The zero-order valence-electron chi connectivity index (χ0n) is 17.0. The zero-order valence-corrected chi connectivity index (χ0v) is 17.0. The van der Waals surface area contributed by atoms with Crippen LogP contribution in [-0.4, -0.2) is 30.9 Å². The fourth-order valence-electron chi connectivity index (χ4n) is 3.74. The van der Waals surface area contributed by atoms with Crippen LogP contribution in [0, 0.1) is 0 Å². The van der Waals surface area contributed by atoms with Gasteiger partial charge in [0.05, 0.1) is 29.6 Å². The van der Waals surface area contributed by atoms with E-state index in [1.54, 1.807) is 13.8 Å². The van der Waals surface area contributed by atoms with Gasteiger partial charge >= 0.3 is 12.0 Å². The van der Waals surface area contributed by atoms with Gasteiger partial charge in [-0.2, -0.15) is 5.10 Å². The molecule has 0 saturated carbocycles. The molecular weight excluding hydrogens is 380 g/mol. The molecule has 2 heterocycles. The lowest BCUT2D eigenvalue weighted by molar-refractivity contribution is -0.139. The van der Waals surface area contributed by atoms with E-state index in [0.717, 1.165) is 35.5 Å². The maximum atomic E-state index is 12.4. The third-order valence-corrected chi connectivity index (χ3v) is 5.20. The smallest absolute Gasteiger partial charge is 0.338 e. The predicted octanol–water partition coefficient (Wildman–Crippen LogP) is 3.49. The number of hydrazone groups is 1. The Balaban J connectivity index is 1.57. The van der Waals surface area contributed by atoms with Gasteiger partial charge in [0.1, 0.15) is 0 Å². The second-order valence-corrected chi connectivity index (χ2v) is 7.17. The first-order valence-corrected chi connectivity index (χ1v) is 10.0. The third kappa shape index (κ3) is 3.91. The first kappa shape index (κ1) is 19.7. The van der Waals surface area contributed by atoms with Crippen LogP contribution in [0.1, 0.15) is 37.4 Å². The Hall–Kier alpha value is -3.61. The summed E-state index contributed by atoms with van der Waals surface area (Å²) in [4.78, 5) is 24.4. The van der Waals surface area contributed by atoms with Gasteiger partial charge in [-0.05, 0) is 37.1 Å². The lowest BCUT2D eigenvalue weighted by Crippen LogP contribution is -2.45. The average Bonchev–Trinajstić information content (AvgIpc) is 3.24. The zero-order chi connectivity index (χ0) is 21.1. The van der Waals surface area contributed by atoms with Gasteiger partial charge in [0.25, 0.3) is 0 Å². The van der Waals surface area contributed by atoms with E-state index in [1.165, 1.54) is 0 Å².